The zero-order chi connectivity index (χ0) is 31.7. The molecule has 0 bridgehead atoms. The number of benzene rings is 3. The van der Waals surface area contributed by atoms with Crippen molar-refractivity contribution in [1.82, 2.24) is 4.57 Å². The van der Waals surface area contributed by atoms with Gasteiger partial charge in [-0.25, -0.2) is 9.79 Å². The number of ether oxygens (including phenoxy) is 1. The van der Waals surface area contributed by atoms with Crippen molar-refractivity contribution in [1.29, 1.82) is 0 Å². The minimum Gasteiger partial charge on any atom is -0.494 e. The predicted octanol–water partition coefficient (Wildman–Crippen LogP) is 5.88. The molecular weight excluding hydrogens is 614 g/mol. The molecule has 0 fully saturated rings. The molecule has 3 heterocycles. The average molecular weight is 640 g/mol. The number of para-hydroxylation sites is 1. The van der Waals surface area contributed by atoms with Gasteiger partial charge in [-0.3, -0.25) is 14.2 Å². The number of aromatic nitrogens is 1. The Morgan fingerprint density at radius 2 is 1.84 bits per heavy atom. The van der Waals surface area contributed by atoms with E-state index >= 15 is 0 Å². The standard InChI is InChI=1S/C34H26ClN3O6S/c1-3-43-23-12-9-20(10-13-23)30-29(31(39)37-22-7-5-4-6-8-22)19(2)36-34-38(30)32(40)28(45-34)18-24-14-16-27(44-24)21-11-15-25(33(41)42)26(35)17-21/h4-18,30H,3H2,1-2H3,(H,37,39)(H,41,42)/b28-18-/t30-/m1/s1. The van der Waals surface area contributed by atoms with Gasteiger partial charge in [0.25, 0.3) is 11.5 Å². The normalized spacial score (nSPS) is 14.6. The molecule has 9 nitrogen and oxygen atoms in total. The van der Waals surface area contributed by atoms with Gasteiger partial charge in [0.05, 0.1) is 39.0 Å². The molecule has 0 saturated carbocycles. The molecule has 1 atom stereocenters. The van der Waals surface area contributed by atoms with E-state index < -0.39 is 12.0 Å². The number of halogens is 1. The fourth-order valence-corrected chi connectivity index (χ4v) is 6.40. The highest BCUT2D eigenvalue weighted by Gasteiger charge is 2.32. The summed E-state index contributed by atoms with van der Waals surface area (Å²) in [5.41, 5.74) is 2.44. The maximum Gasteiger partial charge on any atom is 0.337 e. The van der Waals surface area contributed by atoms with Crippen LogP contribution in [0.1, 0.15) is 41.6 Å². The highest BCUT2D eigenvalue weighted by atomic mass is 35.5. The molecule has 45 heavy (non-hydrogen) atoms. The van der Waals surface area contributed by atoms with Crippen molar-refractivity contribution in [2.45, 2.75) is 19.9 Å². The maximum atomic E-state index is 14.0. The van der Waals surface area contributed by atoms with Crippen LogP contribution in [-0.2, 0) is 4.79 Å². The molecule has 3 aromatic carbocycles. The monoisotopic (exact) mass is 639 g/mol. The highest BCUT2D eigenvalue weighted by Crippen LogP contribution is 2.32. The number of nitrogens with one attached hydrogen (secondary N) is 1. The van der Waals surface area contributed by atoms with E-state index in [0.717, 1.165) is 5.56 Å². The second kappa shape index (κ2) is 12.4. The third-order valence-corrected chi connectivity index (χ3v) is 8.48. The largest absolute Gasteiger partial charge is 0.494 e. The lowest BCUT2D eigenvalue weighted by atomic mass is 9.95. The first-order chi connectivity index (χ1) is 21.7. The summed E-state index contributed by atoms with van der Waals surface area (Å²) in [5, 5.41) is 12.3. The van der Waals surface area contributed by atoms with E-state index in [1.54, 1.807) is 43.3 Å². The summed E-state index contributed by atoms with van der Waals surface area (Å²) in [6, 6.07) is 23.6. The number of furan rings is 1. The van der Waals surface area contributed by atoms with Crippen LogP contribution < -0.4 is 24.9 Å². The maximum absolute atomic E-state index is 14.0. The van der Waals surface area contributed by atoms with E-state index in [1.807, 2.05) is 49.4 Å². The number of anilines is 1. The van der Waals surface area contributed by atoms with E-state index in [-0.39, 0.29) is 22.1 Å². The molecule has 5 aromatic rings. The summed E-state index contributed by atoms with van der Waals surface area (Å²) < 4.78 is 13.5. The smallest absolute Gasteiger partial charge is 0.337 e. The quantitative estimate of drug-likeness (QED) is 0.218. The fraction of sp³-hybridized carbons (Fsp3) is 0.118. The van der Waals surface area contributed by atoms with Crippen molar-refractivity contribution in [3.05, 3.63) is 138 Å². The third kappa shape index (κ3) is 5.98. The number of fused-ring (bicyclic) bond motifs is 1. The number of amides is 1. The molecule has 0 radical (unpaired) electrons. The van der Waals surface area contributed by atoms with Crippen molar-refractivity contribution in [3.8, 4) is 17.1 Å². The molecule has 11 heteroatoms. The zero-order valence-electron chi connectivity index (χ0n) is 24.1. The summed E-state index contributed by atoms with van der Waals surface area (Å²) in [6.45, 7) is 4.17. The van der Waals surface area contributed by atoms with Crippen LogP contribution >= 0.6 is 22.9 Å². The summed E-state index contributed by atoms with van der Waals surface area (Å²) in [6.07, 6.45) is 1.62. The molecule has 2 aromatic heterocycles. The topological polar surface area (TPSA) is 123 Å². The third-order valence-electron chi connectivity index (χ3n) is 7.19. The number of hydrogen-bond acceptors (Lipinski definition) is 7. The first kappa shape index (κ1) is 29.9. The number of allylic oxidation sites excluding steroid dienone is 1. The Hall–Kier alpha value is -5.19. The van der Waals surface area contributed by atoms with Crippen molar-refractivity contribution < 1.29 is 23.8 Å². The number of carbonyl (C=O) groups is 2. The minimum atomic E-state index is -1.12. The SMILES string of the molecule is CCOc1ccc([C@@H]2C(C(=O)Nc3ccccc3)=C(C)N=c3s/c(=C\c4ccc(-c5ccc(C(=O)O)c(Cl)c5)o4)c(=O)n32)cc1. The first-order valence-corrected chi connectivity index (χ1v) is 15.2. The van der Waals surface area contributed by atoms with E-state index in [1.165, 1.54) is 28.0 Å². The molecule has 1 amide bonds. The number of thiazole rings is 1. The van der Waals surface area contributed by atoms with Gasteiger partial charge in [0, 0.05) is 17.3 Å². The van der Waals surface area contributed by atoms with Gasteiger partial charge in [0.2, 0.25) is 0 Å². The summed E-state index contributed by atoms with van der Waals surface area (Å²) >= 11 is 7.34. The average Bonchev–Trinajstić information content (AvgIpc) is 3.61. The molecule has 1 aliphatic rings. The molecular formula is C34H26ClN3O6S. The second-order valence-electron chi connectivity index (χ2n) is 10.1. The van der Waals surface area contributed by atoms with Crippen molar-refractivity contribution >= 4 is 46.6 Å². The molecule has 6 rings (SSSR count). The lowest BCUT2D eigenvalue weighted by molar-refractivity contribution is -0.113. The van der Waals surface area contributed by atoms with Crippen LogP contribution in [0.2, 0.25) is 5.02 Å². The number of aromatic carboxylic acids is 1. The Morgan fingerprint density at radius 1 is 1.09 bits per heavy atom. The predicted molar refractivity (Wildman–Crippen MR) is 173 cm³/mol. The minimum absolute atomic E-state index is 0.0116. The van der Waals surface area contributed by atoms with E-state index in [2.05, 4.69) is 10.3 Å². The molecule has 0 spiro atoms. The van der Waals surface area contributed by atoms with Gasteiger partial charge in [-0.2, -0.15) is 0 Å². The summed E-state index contributed by atoms with van der Waals surface area (Å²) in [5.74, 6) is 0.0532. The van der Waals surface area contributed by atoms with Crippen LogP contribution in [0.15, 0.2) is 110 Å². The van der Waals surface area contributed by atoms with Gasteiger partial charge in [0.15, 0.2) is 4.80 Å². The lowest BCUT2D eigenvalue weighted by Gasteiger charge is -2.25. The number of carboxylic acid groups (broad SMARTS) is 1. The molecule has 0 saturated heterocycles. The summed E-state index contributed by atoms with van der Waals surface area (Å²) in [4.78, 5) is 44.2. The Morgan fingerprint density at radius 3 is 2.53 bits per heavy atom. The Kier molecular flexibility index (Phi) is 8.25. The fourth-order valence-electron chi connectivity index (χ4n) is 5.12. The van der Waals surface area contributed by atoms with E-state index in [9.17, 15) is 19.5 Å². The van der Waals surface area contributed by atoms with Crippen LogP contribution in [0.25, 0.3) is 17.4 Å². The first-order valence-electron chi connectivity index (χ1n) is 14.0. The van der Waals surface area contributed by atoms with Gasteiger partial charge in [-0.1, -0.05) is 59.3 Å². The van der Waals surface area contributed by atoms with Gasteiger partial charge in [-0.15, -0.1) is 0 Å². The number of carboxylic acids is 1. The highest BCUT2D eigenvalue weighted by molar-refractivity contribution is 7.07. The van der Waals surface area contributed by atoms with Crippen LogP contribution in [-0.4, -0.2) is 28.2 Å². The van der Waals surface area contributed by atoms with Crippen LogP contribution in [0, 0.1) is 0 Å². The van der Waals surface area contributed by atoms with Crippen molar-refractivity contribution in [2.24, 2.45) is 4.99 Å². The van der Waals surface area contributed by atoms with Gasteiger partial charge >= 0.3 is 5.97 Å². The molecule has 0 aliphatic carbocycles. The van der Waals surface area contributed by atoms with Crippen LogP contribution in [0.3, 0.4) is 0 Å². The number of carbonyl (C=O) groups excluding carboxylic acids is 1. The number of rotatable bonds is 8. The van der Waals surface area contributed by atoms with Crippen LogP contribution in [0.5, 0.6) is 5.75 Å². The van der Waals surface area contributed by atoms with E-state index in [4.69, 9.17) is 20.8 Å². The van der Waals surface area contributed by atoms with Gasteiger partial charge in [0.1, 0.15) is 17.3 Å². The Balaban J connectivity index is 1.42. The Bertz CT molecular complexity index is 2150. The lowest BCUT2D eigenvalue weighted by Crippen LogP contribution is -2.40. The van der Waals surface area contributed by atoms with E-state index in [0.29, 0.717) is 55.7 Å². The van der Waals surface area contributed by atoms with Crippen LogP contribution in [0.4, 0.5) is 5.69 Å². The molecule has 226 valence electrons. The molecule has 0 unspecified atom stereocenters. The molecule has 2 N–H and O–H groups in total. The molecule has 1 aliphatic heterocycles. The number of nitrogens with zero attached hydrogens (tertiary/aromatic N) is 2. The summed E-state index contributed by atoms with van der Waals surface area (Å²) in [7, 11) is 0. The number of hydrogen-bond donors (Lipinski definition) is 2. The van der Waals surface area contributed by atoms with Gasteiger partial charge in [-0.05, 0) is 67.9 Å². The zero-order valence-corrected chi connectivity index (χ0v) is 25.7. The van der Waals surface area contributed by atoms with Crippen molar-refractivity contribution in [2.75, 3.05) is 11.9 Å². The second-order valence-corrected chi connectivity index (χ2v) is 11.5. The van der Waals surface area contributed by atoms with Crippen molar-refractivity contribution in [3.63, 3.8) is 0 Å². The Labute approximate surface area is 266 Å². The van der Waals surface area contributed by atoms with Gasteiger partial charge < -0.3 is 19.6 Å².